The summed E-state index contributed by atoms with van der Waals surface area (Å²) in [6, 6.07) is 0. The van der Waals surface area contributed by atoms with Crippen LogP contribution in [-0.2, 0) is 19.1 Å². The maximum Gasteiger partial charge on any atom is 0.407 e. The molecule has 0 heterocycles. The number of carbonyl (C=O) groups excluding carboxylic acids is 3. The second-order valence-electron chi connectivity index (χ2n) is 9.87. The molecule has 0 bridgehead atoms. The first kappa shape index (κ1) is 21.4. The van der Waals surface area contributed by atoms with Gasteiger partial charge >= 0.3 is 12.1 Å². The molecule has 9 heteroatoms. The highest BCUT2D eigenvalue weighted by atomic mass is 16.6. The van der Waals surface area contributed by atoms with E-state index in [1.807, 2.05) is 0 Å². The van der Waals surface area contributed by atoms with Crippen LogP contribution in [0.25, 0.3) is 0 Å². The molecule has 0 spiro atoms. The van der Waals surface area contributed by atoms with E-state index in [1.165, 1.54) is 0 Å². The van der Waals surface area contributed by atoms with Gasteiger partial charge in [-0.25, -0.2) is 4.79 Å². The van der Waals surface area contributed by atoms with Crippen molar-refractivity contribution in [2.45, 2.75) is 64.9 Å². The number of alkyl carbamates (subject to hydrolysis) is 1. The molecular weight excluding hydrogens is 378 g/mol. The van der Waals surface area contributed by atoms with Gasteiger partial charge in [0.25, 0.3) is 0 Å². The van der Waals surface area contributed by atoms with Gasteiger partial charge in [0.15, 0.2) is 0 Å². The van der Waals surface area contributed by atoms with E-state index in [-0.39, 0.29) is 31.4 Å². The molecule has 0 aromatic heterocycles. The summed E-state index contributed by atoms with van der Waals surface area (Å²) in [7, 11) is 0. The molecule has 29 heavy (non-hydrogen) atoms. The summed E-state index contributed by atoms with van der Waals surface area (Å²) in [4.78, 5) is 48.2. The average Bonchev–Trinajstić information content (AvgIpc) is 3.51. The highest BCUT2D eigenvalue weighted by Crippen LogP contribution is 2.49. The van der Waals surface area contributed by atoms with E-state index in [0.29, 0.717) is 38.5 Å². The third-order valence-electron chi connectivity index (χ3n) is 6.12. The molecule has 0 radical (unpaired) electrons. The Bertz CT molecular complexity index is 714. The summed E-state index contributed by atoms with van der Waals surface area (Å²) in [5.74, 6) is -1.23. The van der Waals surface area contributed by atoms with E-state index < -0.39 is 33.9 Å². The second-order valence-corrected chi connectivity index (χ2v) is 9.87. The van der Waals surface area contributed by atoms with Crippen LogP contribution in [0.2, 0.25) is 0 Å². The fourth-order valence-corrected chi connectivity index (χ4v) is 3.32. The number of amides is 3. The number of aliphatic carboxylic acids is 1. The fraction of sp³-hybridized carbons (Fsp3) is 0.800. The van der Waals surface area contributed by atoms with Crippen molar-refractivity contribution < 1.29 is 29.0 Å². The number of ether oxygens (including phenoxy) is 1. The number of carboxylic acids is 1. The standard InChI is InChI=1S/C20H31N3O6/c1-17(2,3)29-16(28)23-11-19(6-7-19)14(25)21-10-18(4-5-18)13(24)22-12-20(8-9-20)15(26)27/h4-12H2,1-3H3,(H,21,25)(H,22,24)(H,23,28)(H,26,27). The number of hydrogen-bond acceptors (Lipinski definition) is 5. The number of carboxylic acid groups (broad SMARTS) is 1. The van der Waals surface area contributed by atoms with E-state index in [9.17, 15) is 24.3 Å². The van der Waals surface area contributed by atoms with Gasteiger partial charge in [-0.15, -0.1) is 0 Å². The second kappa shape index (κ2) is 7.18. The van der Waals surface area contributed by atoms with Crippen LogP contribution in [0, 0.1) is 16.2 Å². The summed E-state index contributed by atoms with van der Waals surface area (Å²) in [5.41, 5.74) is -2.68. The van der Waals surface area contributed by atoms with Crippen LogP contribution in [0.3, 0.4) is 0 Å². The van der Waals surface area contributed by atoms with Gasteiger partial charge in [0.05, 0.1) is 16.2 Å². The van der Waals surface area contributed by atoms with Crippen molar-refractivity contribution in [3.05, 3.63) is 0 Å². The minimum Gasteiger partial charge on any atom is -0.481 e. The van der Waals surface area contributed by atoms with Crippen LogP contribution >= 0.6 is 0 Å². The average molecular weight is 409 g/mol. The largest absolute Gasteiger partial charge is 0.481 e. The Morgan fingerprint density at radius 1 is 0.759 bits per heavy atom. The van der Waals surface area contributed by atoms with Crippen LogP contribution < -0.4 is 16.0 Å². The van der Waals surface area contributed by atoms with Crippen molar-refractivity contribution in [1.29, 1.82) is 0 Å². The Balaban J connectivity index is 1.43. The van der Waals surface area contributed by atoms with Gasteiger partial charge in [-0.05, 0) is 59.3 Å². The molecule has 3 amide bonds. The van der Waals surface area contributed by atoms with Crippen molar-refractivity contribution in [2.24, 2.45) is 16.2 Å². The lowest BCUT2D eigenvalue weighted by Gasteiger charge is -2.22. The molecule has 3 saturated carbocycles. The lowest BCUT2D eigenvalue weighted by atomic mass is 10.0. The van der Waals surface area contributed by atoms with Gasteiger partial charge in [-0.1, -0.05) is 0 Å². The van der Waals surface area contributed by atoms with Gasteiger partial charge < -0.3 is 25.8 Å². The minimum absolute atomic E-state index is 0.139. The molecule has 0 atom stereocenters. The van der Waals surface area contributed by atoms with Crippen molar-refractivity contribution in [3.63, 3.8) is 0 Å². The number of nitrogens with one attached hydrogen (secondary N) is 3. The fourth-order valence-electron chi connectivity index (χ4n) is 3.32. The SMILES string of the molecule is CC(C)(C)OC(=O)NCC1(C(=O)NCC2(C(=O)NCC3(C(=O)O)CC3)CC2)CC1. The van der Waals surface area contributed by atoms with Crippen molar-refractivity contribution in [2.75, 3.05) is 19.6 Å². The maximum absolute atomic E-state index is 12.6. The third kappa shape index (κ3) is 5.00. The monoisotopic (exact) mass is 409 g/mol. The predicted octanol–water partition coefficient (Wildman–Crippen LogP) is 1.17. The van der Waals surface area contributed by atoms with E-state index in [1.54, 1.807) is 20.8 Å². The van der Waals surface area contributed by atoms with Crippen LogP contribution in [0.4, 0.5) is 4.79 Å². The summed E-state index contributed by atoms with van der Waals surface area (Å²) in [6.07, 6.45) is 3.30. The van der Waals surface area contributed by atoms with E-state index >= 15 is 0 Å². The number of carbonyl (C=O) groups is 4. The highest BCUT2D eigenvalue weighted by molar-refractivity contribution is 5.89. The Kier molecular flexibility index (Phi) is 5.29. The highest BCUT2D eigenvalue weighted by Gasteiger charge is 2.55. The molecule has 0 aliphatic heterocycles. The topological polar surface area (TPSA) is 134 Å². The summed E-state index contributed by atoms with van der Waals surface area (Å²) >= 11 is 0. The summed E-state index contributed by atoms with van der Waals surface area (Å²) in [6.45, 7) is 5.89. The Labute approximate surface area is 170 Å². The van der Waals surface area contributed by atoms with Crippen molar-refractivity contribution in [3.8, 4) is 0 Å². The quantitative estimate of drug-likeness (QED) is 0.452. The zero-order valence-corrected chi connectivity index (χ0v) is 17.4. The Hall–Kier alpha value is -2.32. The predicted molar refractivity (Wildman–Crippen MR) is 103 cm³/mol. The molecule has 0 unspecified atom stereocenters. The van der Waals surface area contributed by atoms with E-state index in [0.717, 1.165) is 0 Å². The normalized spacial score (nSPS) is 22.0. The van der Waals surface area contributed by atoms with Gasteiger partial charge in [0.1, 0.15) is 5.60 Å². The van der Waals surface area contributed by atoms with Gasteiger partial charge in [-0.2, -0.15) is 0 Å². The van der Waals surface area contributed by atoms with Gasteiger partial charge in [0, 0.05) is 19.6 Å². The molecule has 3 rings (SSSR count). The summed E-state index contributed by atoms with van der Waals surface area (Å²) < 4.78 is 5.20. The number of rotatable bonds is 9. The molecule has 0 aromatic rings. The van der Waals surface area contributed by atoms with E-state index in [4.69, 9.17) is 4.74 Å². The Morgan fingerprint density at radius 3 is 1.48 bits per heavy atom. The minimum atomic E-state index is -0.871. The zero-order valence-electron chi connectivity index (χ0n) is 17.4. The first-order chi connectivity index (χ1) is 13.4. The van der Waals surface area contributed by atoms with Crippen LogP contribution in [-0.4, -0.2) is 54.2 Å². The van der Waals surface area contributed by atoms with Gasteiger partial charge in [-0.3, -0.25) is 14.4 Å². The smallest absolute Gasteiger partial charge is 0.407 e. The molecule has 3 fully saturated rings. The third-order valence-corrected chi connectivity index (χ3v) is 6.12. The van der Waals surface area contributed by atoms with Crippen molar-refractivity contribution in [1.82, 2.24) is 16.0 Å². The zero-order chi connectivity index (χ0) is 21.5. The Morgan fingerprint density at radius 2 is 1.14 bits per heavy atom. The van der Waals surface area contributed by atoms with Crippen LogP contribution in [0.1, 0.15) is 59.3 Å². The lowest BCUT2D eigenvalue weighted by molar-refractivity contribution is -0.143. The molecule has 3 aliphatic carbocycles. The van der Waals surface area contributed by atoms with Crippen molar-refractivity contribution >= 4 is 23.9 Å². The first-order valence-electron chi connectivity index (χ1n) is 10.2. The molecule has 0 saturated heterocycles. The number of hydrogen-bond donors (Lipinski definition) is 4. The first-order valence-corrected chi connectivity index (χ1v) is 10.2. The molecule has 0 aromatic carbocycles. The maximum atomic E-state index is 12.6. The summed E-state index contributed by atoms with van der Waals surface area (Å²) in [5, 5.41) is 17.5. The van der Waals surface area contributed by atoms with Crippen LogP contribution in [0.5, 0.6) is 0 Å². The van der Waals surface area contributed by atoms with Crippen LogP contribution in [0.15, 0.2) is 0 Å². The molecule has 3 aliphatic rings. The molecule has 162 valence electrons. The molecular formula is C20H31N3O6. The lowest BCUT2D eigenvalue weighted by Crippen LogP contribution is -2.46. The van der Waals surface area contributed by atoms with E-state index in [2.05, 4.69) is 16.0 Å². The molecule has 9 nitrogen and oxygen atoms in total. The molecule has 4 N–H and O–H groups in total. The van der Waals surface area contributed by atoms with Gasteiger partial charge in [0.2, 0.25) is 11.8 Å².